The topological polar surface area (TPSA) is 90.3 Å². The minimum atomic E-state index is -0.677. The summed E-state index contributed by atoms with van der Waals surface area (Å²) in [4.78, 5) is 42.6. The number of benzene rings is 1. The van der Waals surface area contributed by atoms with Gasteiger partial charge in [-0.25, -0.2) is 4.98 Å². The van der Waals surface area contributed by atoms with Crippen molar-refractivity contribution < 1.29 is 14.3 Å². The van der Waals surface area contributed by atoms with Crippen molar-refractivity contribution in [3.8, 4) is 0 Å². The third kappa shape index (κ3) is 4.12. The maximum atomic E-state index is 12.6. The molecule has 0 aliphatic heterocycles. The van der Waals surface area contributed by atoms with Gasteiger partial charge >= 0.3 is 5.97 Å². The molecule has 2 aromatic heterocycles. The number of anilines is 1. The summed E-state index contributed by atoms with van der Waals surface area (Å²) in [6.45, 7) is 6.91. The number of carbonyl (C=O) groups is 2. The number of nitrogens with one attached hydrogen (secondary N) is 1. The SMILES string of the molecule is Cc1ccc(NC(=O)COC(=O)Cn2cnc3sc(C)c(C)c3c2=O)c(C)c1. The van der Waals surface area contributed by atoms with Crippen LogP contribution in [0.5, 0.6) is 0 Å². The second-order valence-electron chi connectivity index (χ2n) is 6.67. The fraction of sp³-hybridized carbons (Fsp3) is 0.300. The number of nitrogens with zero attached hydrogens (tertiary/aromatic N) is 2. The van der Waals surface area contributed by atoms with E-state index in [1.54, 1.807) is 6.07 Å². The Labute approximate surface area is 166 Å². The smallest absolute Gasteiger partial charge is 0.326 e. The lowest BCUT2D eigenvalue weighted by Crippen LogP contribution is -2.28. The second kappa shape index (κ2) is 7.93. The van der Waals surface area contributed by atoms with E-state index < -0.39 is 18.5 Å². The first kappa shape index (κ1) is 19.8. The summed E-state index contributed by atoms with van der Waals surface area (Å²) in [6, 6.07) is 5.64. The molecule has 8 heteroatoms. The number of aromatic nitrogens is 2. The number of carbonyl (C=O) groups excluding carboxylic acids is 2. The summed E-state index contributed by atoms with van der Waals surface area (Å²) in [5, 5.41) is 3.23. The number of thiophene rings is 1. The van der Waals surface area contributed by atoms with Crippen molar-refractivity contribution in [2.24, 2.45) is 0 Å². The van der Waals surface area contributed by atoms with Crippen LogP contribution in [0.4, 0.5) is 5.69 Å². The number of amides is 1. The normalized spacial score (nSPS) is 10.9. The minimum absolute atomic E-state index is 0.288. The van der Waals surface area contributed by atoms with Crippen LogP contribution in [0.25, 0.3) is 10.2 Å². The summed E-state index contributed by atoms with van der Waals surface area (Å²) in [5.74, 6) is -1.12. The van der Waals surface area contributed by atoms with E-state index in [9.17, 15) is 14.4 Å². The Morgan fingerprint density at radius 3 is 2.68 bits per heavy atom. The Balaban J connectivity index is 1.62. The second-order valence-corrected chi connectivity index (χ2v) is 7.87. The van der Waals surface area contributed by atoms with Crippen LogP contribution in [-0.4, -0.2) is 28.0 Å². The van der Waals surface area contributed by atoms with Gasteiger partial charge in [-0.15, -0.1) is 11.3 Å². The molecule has 0 radical (unpaired) electrons. The van der Waals surface area contributed by atoms with Gasteiger partial charge in [-0.2, -0.15) is 0 Å². The van der Waals surface area contributed by atoms with Crippen LogP contribution in [-0.2, 0) is 20.9 Å². The molecule has 146 valence electrons. The van der Waals surface area contributed by atoms with Crippen LogP contribution >= 0.6 is 11.3 Å². The Bertz CT molecular complexity index is 1130. The number of hydrogen-bond donors (Lipinski definition) is 1. The first-order chi connectivity index (χ1) is 13.3. The summed E-state index contributed by atoms with van der Waals surface area (Å²) in [5.41, 5.74) is 3.26. The van der Waals surface area contributed by atoms with E-state index in [1.807, 2.05) is 39.8 Å². The lowest BCUT2D eigenvalue weighted by atomic mass is 10.1. The molecule has 0 saturated heterocycles. The molecule has 0 aliphatic rings. The van der Waals surface area contributed by atoms with Crippen LogP contribution in [0.3, 0.4) is 0 Å². The summed E-state index contributed by atoms with van der Waals surface area (Å²) < 4.78 is 6.21. The third-order valence-corrected chi connectivity index (χ3v) is 5.59. The van der Waals surface area contributed by atoms with Crippen molar-refractivity contribution in [1.29, 1.82) is 0 Å². The molecule has 3 rings (SSSR count). The largest absolute Gasteiger partial charge is 0.454 e. The monoisotopic (exact) mass is 399 g/mol. The van der Waals surface area contributed by atoms with E-state index in [2.05, 4.69) is 10.3 Å². The molecule has 0 atom stereocenters. The molecule has 1 aromatic carbocycles. The van der Waals surface area contributed by atoms with E-state index >= 15 is 0 Å². The lowest BCUT2D eigenvalue weighted by molar-refractivity contribution is -0.147. The zero-order valence-corrected chi connectivity index (χ0v) is 17.0. The van der Waals surface area contributed by atoms with Crippen LogP contribution in [0.15, 0.2) is 29.3 Å². The molecule has 2 heterocycles. The molecular weight excluding hydrogens is 378 g/mol. The fourth-order valence-electron chi connectivity index (χ4n) is 2.85. The fourth-order valence-corrected chi connectivity index (χ4v) is 3.84. The number of rotatable bonds is 5. The average Bonchev–Trinajstić information content (AvgIpc) is 2.93. The number of fused-ring (bicyclic) bond motifs is 1. The number of ether oxygens (including phenoxy) is 1. The van der Waals surface area contributed by atoms with Gasteiger partial charge in [0.2, 0.25) is 0 Å². The van der Waals surface area contributed by atoms with Crippen molar-refractivity contribution in [2.75, 3.05) is 11.9 Å². The summed E-state index contributed by atoms with van der Waals surface area (Å²) >= 11 is 1.44. The molecule has 0 spiro atoms. The van der Waals surface area contributed by atoms with Gasteiger partial charge in [0.05, 0.1) is 11.7 Å². The van der Waals surface area contributed by atoms with E-state index in [0.29, 0.717) is 15.9 Å². The Morgan fingerprint density at radius 1 is 1.21 bits per heavy atom. The predicted octanol–water partition coefficient (Wildman–Crippen LogP) is 2.87. The molecule has 0 bridgehead atoms. The van der Waals surface area contributed by atoms with Gasteiger partial charge in [0.25, 0.3) is 11.5 Å². The highest BCUT2D eigenvalue weighted by Crippen LogP contribution is 2.25. The Morgan fingerprint density at radius 2 is 1.96 bits per heavy atom. The van der Waals surface area contributed by atoms with Crippen LogP contribution < -0.4 is 10.9 Å². The van der Waals surface area contributed by atoms with Crippen molar-refractivity contribution in [2.45, 2.75) is 34.2 Å². The van der Waals surface area contributed by atoms with E-state index in [0.717, 1.165) is 21.6 Å². The van der Waals surface area contributed by atoms with E-state index in [4.69, 9.17) is 4.74 Å². The molecule has 28 heavy (non-hydrogen) atoms. The zero-order chi connectivity index (χ0) is 20.4. The van der Waals surface area contributed by atoms with Crippen molar-refractivity contribution in [3.63, 3.8) is 0 Å². The van der Waals surface area contributed by atoms with Gasteiger partial charge in [-0.3, -0.25) is 19.0 Å². The number of hydrogen-bond acceptors (Lipinski definition) is 6. The van der Waals surface area contributed by atoms with E-state index in [1.165, 1.54) is 22.2 Å². The third-order valence-electron chi connectivity index (χ3n) is 4.48. The summed E-state index contributed by atoms with van der Waals surface area (Å²) in [6.07, 6.45) is 1.33. The molecule has 7 nitrogen and oxygen atoms in total. The molecule has 0 unspecified atom stereocenters. The summed E-state index contributed by atoms with van der Waals surface area (Å²) in [7, 11) is 0. The highest BCUT2D eigenvalue weighted by atomic mass is 32.1. The minimum Gasteiger partial charge on any atom is -0.454 e. The van der Waals surface area contributed by atoms with E-state index in [-0.39, 0.29) is 12.1 Å². The van der Waals surface area contributed by atoms with Crippen LogP contribution in [0, 0.1) is 27.7 Å². The van der Waals surface area contributed by atoms with Crippen molar-refractivity contribution in [3.05, 3.63) is 56.4 Å². The molecular formula is C20H21N3O4S. The van der Waals surface area contributed by atoms with Gasteiger partial charge < -0.3 is 10.1 Å². The van der Waals surface area contributed by atoms with Crippen LogP contribution in [0.1, 0.15) is 21.6 Å². The van der Waals surface area contributed by atoms with Gasteiger partial charge in [0.15, 0.2) is 6.61 Å². The molecule has 0 fully saturated rings. The van der Waals surface area contributed by atoms with Crippen molar-refractivity contribution >= 4 is 39.1 Å². The van der Waals surface area contributed by atoms with Crippen molar-refractivity contribution in [1.82, 2.24) is 9.55 Å². The average molecular weight is 399 g/mol. The standard InChI is InChI=1S/C20H21N3O4S/c1-11-5-6-15(12(2)7-11)22-16(24)9-27-17(25)8-23-10-21-19-18(20(23)26)13(3)14(4)28-19/h5-7,10H,8-9H2,1-4H3,(H,22,24). The molecule has 0 saturated carbocycles. The first-order valence-electron chi connectivity index (χ1n) is 8.74. The van der Waals surface area contributed by atoms with Crippen LogP contribution in [0.2, 0.25) is 0 Å². The molecule has 1 amide bonds. The maximum Gasteiger partial charge on any atom is 0.326 e. The maximum absolute atomic E-state index is 12.6. The highest BCUT2D eigenvalue weighted by molar-refractivity contribution is 7.18. The quantitative estimate of drug-likeness (QED) is 0.666. The molecule has 3 aromatic rings. The molecule has 0 aliphatic carbocycles. The number of esters is 1. The van der Waals surface area contributed by atoms with Gasteiger partial charge in [0.1, 0.15) is 11.4 Å². The highest BCUT2D eigenvalue weighted by Gasteiger charge is 2.15. The zero-order valence-electron chi connectivity index (χ0n) is 16.2. The van der Waals surface area contributed by atoms with Gasteiger partial charge in [-0.1, -0.05) is 17.7 Å². The predicted molar refractivity (Wildman–Crippen MR) is 109 cm³/mol. The van der Waals surface area contributed by atoms with Gasteiger partial charge in [0, 0.05) is 10.6 Å². The first-order valence-corrected chi connectivity index (χ1v) is 9.55. The lowest BCUT2D eigenvalue weighted by Gasteiger charge is -2.10. The number of aryl methyl sites for hydroxylation is 4. The Kier molecular flexibility index (Phi) is 5.60. The Hall–Kier alpha value is -3.00. The van der Waals surface area contributed by atoms with Gasteiger partial charge in [-0.05, 0) is 44.9 Å². The molecule has 1 N–H and O–H groups in total.